The van der Waals surface area contributed by atoms with Crippen LogP contribution in [0.15, 0.2) is 67.0 Å². The fourth-order valence-corrected chi connectivity index (χ4v) is 2.40. The van der Waals surface area contributed by atoms with Crippen LogP contribution in [0.2, 0.25) is 0 Å². The number of hydrogen-bond donors (Lipinski definition) is 1. The van der Waals surface area contributed by atoms with Gasteiger partial charge in [0, 0.05) is 18.9 Å². The molecule has 1 amide bonds. The van der Waals surface area contributed by atoms with Crippen LogP contribution in [0.4, 0.5) is 4.39 Å². The Morgan fingerprint density at radius 3 is 2.48 bits per heavy atom. The lowest BCUT2D eigenvalue weighted by molar-refractivity contribution is 0.0940. The molecular weight excluding hydrogens is 349 g/mol. The number of benzene rings is 2. The lowest BCUT2D eigenvalue weighted by atomic mass is 10.2. The number of hydrogen-bond acceptors (Lipinski definition) is 5. The monoisotopic (exact) mass is 363 g/mol. The van der Waals surface area contributed by atoms with Crippen molar-refractivity contribution in [3.8, 4) is 11.5 Å². The SMILES string of the molecule is O=C(NCc1ccc(Oc2ccc(F)cc2)cc1)c1nc2ncccn2n1. The number of carbonyl (C=O) groups is 1. The van der Waals surface area contributed by atoms with Crippen molar-refractivity contribution in [3.63, 3.8) is 0 Å². The van der Waals surface area contributed by atoms with Gasteiger partial charge in [-0.1, -0.05) is 12.1 Å². The Morgan fingerprint density at radius 1 is 1.07 bits per heavy atom. The van der Waals surface area contributed by atoms with Gasteiger partial charge in [0.1, 0.15) is 17.3 Å². The summed E-state index contributed by atoms with van der Waals surface area (Å²) in [5, 5.41) is 6.84. The predicted octanol–water partition coefficient (Wildman–Crippen LogP) is 2.99. The number of rotatable bonds is 5. The van der Waals surface area contributed by atoms with Gasteiger partial charge in [-0.2, -0.15) is 4.98 Å². The van der Waals surface area contributed by atoms with Crippen molar-refractivity contribution in [3.05, 3.63) is 84.2 Å². The van der Waals surface area contributed by atoms with Crippen molar-refractivity contribution in [2.24, 2.45) is 0 Å². The smallest absolute Gasteiger partial charge is 0.291 e. The first kappa shape index (κ1) is 16.6. The van der Waals surface area contributed by atoms with E-state index in [1.807, 2.05) is 12.1 Å². The molecule has 4 rings (SSSR count). The third kappa shape index (κ3) is 3.90. The van der Waals surface area contributed by atoms with Crippen molar-refractivity contribution in [2.45, 2.75) is 6.54 Å². The van der Waals surface area contributed by atoms with Crippen LogP contribution in [0.3, 0.4) is 0 Å². The molecular formula is C19H14FN5O2. The van der Waals surface area contributed by atoms with E-state index in [2.05, 4.69) is 20.4 Å². The van der Waals surface area contributed by atoms with Crippen molar-refractivity contribution >= 4 is 11.7 Å². The lowest BCUT2D eigenvalue weighted by Gasteiger charge is -2.07. The average Bonchev–Trinajstić information content (AvgIpc) is 3.13. The molecule has 0 spiro atoms. The summed E-state index contributed by atoms with van der Waals surface area (Å²) >= 11 is 0. The normalized spacial score (nSPS) is 10.7. The summed E-state index contributed by atoms with van der Waals surface area (Å²) in [5.74, 6) is 0.889. The molecule has 0 saturated carbocycles. The minimum Gasteiger partial charge on any atom is -0.457 e. The van der Waals surface area contributed by atoms with Gasteiger partial charge in [0.15, 0.2) is 0 Å². The second kappa shape index (κ2) is 7.20. The highest BCUT2D eigenvalue weighted by atomic mass is 19.1. The largest absolute Gasteiger partial charge is 0.457 e. The molecule has 0 aliphatic rings. The molecule has 1 N–H and O–H groups in total. The van der Waals surface area contributed by atoms with Gasteiger partial charge in [-0.25, -0.2) is 13.9 Å². The predicted molar refractivity (Wildman–Crippen MR) is 94.9 cm³/mol. The molecule has 7 nitrogen and oxygen atoms in total. The van der Waals surface area contributed by atoms with Crippen molar-refractivity contribution in [1.29, 1.82) is 0 Å². The molecule has 2 aromatic carbocycles. The summed E-state index contributed by atoms with van der Waals surface area (Å²) in [4.78, 5) is 20.3. The standard InChI is InChI=1S/C19H14FN5O2/c20-14-4-8-16(9-5-14)27-15-6-2-13(3-7-15)12-22-18(26)17-23-19-21-10-1-11-25(19)24-17/h1-11H,12H2,(H,22,26). The maximum Gasteiger partial charge on any atom is 0.291 e. The third-order valence-corrected chi connectivity index (χ3v) is 3.75. The van der Waals surface area contributed by atoms with Crippen molar-refractivity contribution in [1.82, 2.24) is 24.9 Å². The Kier molecular flexibility index (Phi) is 4.44. The summed E-state index contributed by atoms with van der Waals surface area (Å²) in [6.45, 7) is 0.318. The van der Waals surface area contributed by atoms with Crippen molar-refractivity contribution in [2.75, 3.05) is 0 Å². The van der Waals surface area contributed by atoms with Crippen LogP contribution in [0, 0.1) is 5.82 Å². The summed E-state index contributed by atoms with van der Waals surface area (Å²) in [6.07, 6.45) is 3.26. The van der Waals surface area contributed by atoms with Gasteiger partial charge >= 0.3 is 0 Å². The van der Waals surface area contributed by atoms with Crippen molar-refractivity contribution < 1.29 is 13.9 Å². The first-order chi connectivity index (χ1) is 13.2. The molecule has 0 saturated heterocycles. The first-order valence-corrected chi connectivity index (χ1v) is 8.15. The molecule has 8 heteroatoms. The van der Waals surface area contributed by atoms with Gasteiger partial charge in [-0.05, 0) is 48.0 Å². The Morgan fingerprint density at radius 2 is 1.78 bits per heavy atom. The zero-order valence-electron chi connectivity index (χ0n) is 14.0. The summed E-state index contributed by atoms with van der Waals surface area (Å²) in [6, 6.07) is 14.7. The van der Waals surface area contributed by atoms with Crippen LogP contribution in [0.25, 0.3) is 5.78 Å². The minimum absolute atomic E-state index is 0.0602. The van der Waals surface area contributed by atoms with Gasteiger partial charge in [-0.3, -0.25) is 4.79 Å². The van der Waals surface area contributed by atoms with Gasteiger partial charge < -0.3 is 10.1 Å². The molecule has 0 atom stereocenters. The molecule has 0 aliphatic heterocycles. The molecule has 0 radical (unpaired) electrons. The number of ether oxygens (including phenoxy) is 1. The fourth-order valence-electron chi connectivity index (χ4n) is 2.40. The summed E-state index contributed by atoms with van der Waals surface area (Å²) in [7, 11) is 0. The van der Waals surface area contributed by atoms with E-state index < -0.39 is 0 Å². The average molecular weight is 363 g/mol. The zero-order chi connectivity index (χ0) is 18.6. The third-order valence-electron chi connectivity index (χ3n) is 3.75. The number of halogens is 1. The Hall–Kier alpha value is -3.81. The van der Waals surface area contributed by atoms with Gasteiger partial charge in [0.05, 0.1) is 0 Å². The van der Waals surface area contributed by atoms with E-state index in [1.54, 1.807) is 42.7 Å². The van der Waals surface area contributed by atoms with Crippen LogP contribution in [0.1, 0.15) is 16.2 Å². The Labute approximate surface area is 153 Å². The Balaban J connectivity index is 1.36. The topological polar surface area (TPSA) is 81.4 Å². The molecule has 4 aromatic rings. The van der Waals surface area contributed by atoms with E-state index in [-0.39, 0.29) is 17.5 Å². The van der Waals surface area contributed by atoms with Crippen LogP contribution in [-0.4, -0.2) is 25.5 Å². The number of nitrogens with zero attached hydrogens (tertiary/aromatic N) is 4. The van der Waals surface area contributed by atoms with E-state index in [4.69, 9.17) is 4.74 Å². The highest BCUT2D eigenvalue weighted by molar-refractivity contribution is 5.90. The number of nitrogens with one attached hydrogen (secondary N) is 1. The number of amides is 1. The minimum atomic E-state index is -0.382. The maximum atomic E-state index is 12.9. The van der Waals surface area contributed by atoms with Crippen LogP contribution in [-0.2, 0) is 6.54 Å². The molecule has 0 unspecified atom stereocenters. The molecule has 0 fully saturated rings. The molecule has 0 bridgehead atoms. The summed E-state index contributed by atoms with van der Waals surface area (Å²) < 4.78 is 20.0. The van der Waals surface area contributed by atoms with E-state index >= 15 is 0 Å². The van der Waals surface area contributed by atoms with Crippen LogP contribution < -0.4 is 10.1 Å². The van der Waals surface area contributed by atoms with E-state index in [1.165, 1.54) is 16.6 Å². The Bertz CT molecular complexity index is 1040. The first-order valence-electron chi connectivity index (χ1n) is 8.15. The number of fused-ring (bicyclic) bond motifs is 1. The van der Waals surface area contributed by atoms with Crippen LogP contribution in [0.5, 0.6) is 11.5 Å². The molecule has 2 heterocycles. The molecule has 0 aliphatic carbocycles. The van der Waals surface area contributed by atoms with Gasteiger partial charge in [0.25, 0.3) is 11.7 Å². The highest BCUT2D eigenvalue weighted by Crippen LogP contribution is 2.21. The number of carbonyl (C=O) groups excluding carboxylic acids is 1. The van der Waals surface area contributed by atoms with E-state index in [9.17, 15) is 9.18 Å². The van der Waals surface area contributed by atoms with Crippen LogP contribution >= 0.6 is 0 Å². The molecule has 134 valence electrons. The highest BCUT2D eigenvalue weighted by Gasteiger charge is 2.12. The van der Waals surface area contributed by atoms with Gasteiger partial charge in [0.2, 0.25) is 5.82 Å². The lowest BCUT2D eigenvalue weighted by Crippen LogP contribution is -2.24. The van der Waals surface area contributed by atoms with E-state index in [0.29, 0.717) is 23.8 Å². The van der Waals surface area contributed by atoms with Gasteiger partial charge in [-0.15, -0.1) is 5.10 Å². The molecule has 2 aromatic heterocycles. The second-order valence-corrected chi connectivity index (χ2v) is 5.68. The van der Waals surface area contributed by atoms with E-state index in [0.717, 1.165) is 5.56 Å². The molecule has 27 heavy (non-hydrogen) atoms. The quantitative estimate of drug-likeness (QED) is 0.589. The second-order valence-electron chi connectivity index (χ2n) is 5.68. The summed E-state index contributed by atoms with van der Waals surface area (Å²) in [5.41, 5.74) is 0.886. The maximum absolute atomic E-state index is 12.9. The number of aromatic nitrogens is 4. The fraction of sp³-hybridized carbons (Fsp3) is 0.0526. The zero-order valence-corrected chi connectivity index (χ0v) is 14.0.